The maximum absolute atomic E-state index is 5.24. The summed E-state index contributed by atoms with van der Waals surface area (Å²) in [7, 11) is 0. The SMILES string of the molecule is C=C(OCC)C(C)C(=C)OCC. The molecule has 70 valence electrons. The summed E-state index contributed by atoms with van der Waals surface area (Å²) in [6, 6.07) is 0. The molecule has 0 rings (SSSR count). The Labute approximate surface area is 74.9 Å². The van der Waals surface area contributed by atoms with Crippen LogP contribution in [0.1, 0.15) is 20.8 Å². The highest BCUT2D eigenvalue weighted by atomic mass is 16.5. The first kappa shape index (κ1) is 11.1. The summed E-state index contributed by atoms with van der Waals surface area (Å²) < 4.78 is 10.5. The monoisotopic (exact) mass is 170 g/mol. The van der Waals surface area contributed by atoms with Crippen molar-refractivity contribution in [3.63, 3.8) is 0 Å². The van der Waals surface area contributed by atoms with Gasteiger partial charge in [-0.2, -0.15) is 0 Å². The minimum absolute atomic E-state index is 0.0740. The van der Waals surface area contributed by atoms with Gasteiger partial charge in [-0.15, -0.1) is 0 Å². The summed E-state index contributed by atoms with van der Waals surface area (Å²) in [6.45, 7) is 14.7. The fourth-order valence-corrected chi connectivity index (χ4v) is 0.800. The number of hydrogen-bond acceptors (Lipinski definition) is 2. The Balaban J connectivity index is 3.91. The number of hydrogen-bond donors (Lipinski definition) is 0. The van der Waals surface area contributed by atoms with Crippen molar-refractivity contribution in [1.29, 1.82) is 0 Å². The largest absolute Gasteiger partial charge is 0.498 e. The van der Waals surface area contributed by atoms with Gasteiger partial charge < -0.3 is 9.47 Å². The van der Waals surface area contributed by atoms with E-state index in [4.69, 9.17) is 9.47 Å². The van der Waals surface area contributed by atoms with E-state index in [2.05, 4.69) is 13.2 Å². The highest BCUT2D eigenvalue weighted by Crippen LogP contribution is 2.18. The fraction of sp³-hybridized carbons (Fsp3) is 0.600. The van der Waals surface area contributed by atoms with Crippen molar-refractivity contribution < 1.29 is 9.47 Å². The standard InChI is InChI=1S/C10H18O2/c1-6-11-9(4)8(3)10(5)12-7-2/h8H,4-7H2,1-3H3. The summed E-state index contributed by atoms with van der Waals surface area (Å²) in [5.74, 6) is 1.51. The second kappa shape index (κ2) is 5.70. The third-order valence-electron chi connectivity index (χ3n) is 1.63. The summed E-state index contributed by atoms with van der Waals surface area (Å²) >= 11 is 0. The van der Waals surface area contributed by atoms with Crippen LogP contribution in [-0.2, 0) is 9.47 Å². The zero-order valence-corrected chi connectivity index (χ0v) is 8.22. The maximum atomic E-state index is 5.24. The molecule has 12 heavy (non-hydrogen) atoms. The van der Waals surface area contributed by atoms with Crippen molar-refractivity contribution in [3.8, 4) is 0 Å². The third-order valence-corrected chi connectivity index (χ3v) is 1.63. The first-order chi connectivity index (χ1) is 5.63. The van der Waals surface area contributed by atoms with E-state index in [1.54, 1.807) is 0 Å². The second-order valence-corrected chi connectivity index (χ2v) is 2.52. The normalized spacial score (nSPS) is 9.67. The summed E-state index contributed by atoms with van der Waals surface area (Å²) in [4.78, 5) is 0. The van der Waals surface area contributed by atoms with E-state index in [0.717, 1.165) is 11.5 Å². The van der Waals surface area contributed by atoms with Gasteiger partial charge in [-0.25, -0.2) is 0 Å². The van der Waals surface area contributed by atoms with Crippen molar-refractivity contribution in [2.45, 2.75) is 20.8 Å². The van der Waals surface area contributed by atoms with E-state index in [1.807, 2.05) is 20.8 Å². The highest BCUT2D eigenvalue weighted by Gasteiger charge is 2.11. The molecule has 0 atom stereocenters. The molecule has 0 saturated carbocycles. The quantitative estimate of drug-likeness (QED) is 0.571. The first-order valence-electron chi connectivity index (χ1n) is 4.26. The topological polar surface area (TPSA) is 18.5 Å². The molecule has 0 aliphatic heterocycles. The molecule has 0 aliphatic rings. The molecule has 0 unspecified atom stereocenters. The molecule has 0 saturated heterocycles. The van der Waals surface area contributed by atoms with E-state index in [-0.39, 0.29) is 5.92 Å². The number of rotatable bonds is 6. The van der Waals surface area contributed by atoms with Gasteiger partial charge in [0.2, 0.25) is 0 Å². The summed E-state index contributed by atoms with van der Waals surface area (Å²) in [5, 5.41) is 0. The van der Waals surface area contributed by atoms with Crippen molar-refractivity contribution in [1.82, 2.24) is 0 Å². The van der Waals surface area contributed by atoms with Gasteiger partial charge in [0.1, 0.15) is 0 Å². The molecule has 0 amide bonds. The van der Waals surface area contributed by atoms with Crippen molar-refractivity contribution >= 4 is 0 Å². The van der Waals surface area contributed by atoms with Crippen LogP contribution in [-0.4, -0.2) is 13.2 Å². The summed E-state index contributed by atoms with van der Waals surface area (Å²) in [5.41, 5.74) is 0. The van der Waals surface area contributed by atoms with Crippen LogP contribution < -0.4 is 0 Å². The van der Waals surface area contributed by atoms with Gasteiger partial charge in [-0.3, -0.25) is 0 Å². The van der Waals surface area contributed by atoms with Gasteiger partial charge in [0, 0.05) is 0 Å². The van der Waals surface area contributed by atoms with Crippen molar-refractivity contribution in [3.05, 3.63) is 24.7 Å². The Bertz CT molecular complexity index is 143. The molecular formula is C10H18O2. The molecule has 0 aromatic rings. The van der Waals surface area contributed by atoms with Gasteiger partial charge in [0.25, 0.3) is 0 Å². The molecule has 2 heteroatoms. The van der Waals surface area contributed by atoms with Gasteiger partial charge in [-0.05, 0) is 20.8 Å². The predicted molar refractivity (Wildman–Crippen MR) is 50.7 cm³/mol. The Morgan fingerprint density at radius 2 is 1.42 bits per heavy atom. The molecule has 0 aliphatic carbocycles. The van der Waals surface area contributed by atoms with E-state index in [0.29, 0.717) is 13.2 Å². The molecule has 0 N–H and O–H groups in total. The Morgan fingerprint density at radius 3 is 1.67 bits per heavy atom. The maximum Gasteiger partial charge on any atom is 0.0991 e. The Morgan fingerprint density at radius 1 is 1.08 bits per heavy atom. The van der Waals surface area contributed by atoms with Crippen LogP contribution in [0.15, 0.2) is 24.7 Å². The van der Waals surface area contributed by atoms with Gasteiger partial charge in [-0.1, -0.05) is 13.2 Å². The third kappa shape index (κ3) is 3.46. The molecule has 2 nitrogen and oxygen atoms in total. The molecule has 0 fully saturated rings. The van der Waals surface area contributed by atoms with Crippen LogP contribution in [0.4, 0.5) is 0 Å². The zero-order valence-electron chi connectivity index (χ0n) is 8.22. The number of ether oxygens (including phenoxy) is 2. The van der Waals surface area contributed by atoms with E-state index < -0.39 is 0 Å². The lowest BCUT2D eigenvalue weighted by atomic mass is 10.1. The predicted octanol–water partition coefficient (Wildman–Crippen LogP) is 2.72. The molecule has 0 aromatic heterocycles. The lowest BCUT2D eigenvalue weighted by Gasteiger charge is -2.17. The van der Waals surface area contributed by atoms with Crippen LogP contribution >= 0.6 is 0 Å². The summed E-state index contributed by atoms with van der Waals surface area (Å²) in [6.07, 6.45) is 0. The van der Waals surface area contributed by atoms with Crippen molar-refractivity contribution in [2.24, 2.45) is 5.92 Å². The lowest BCUT2D eigenvalue weighted by Crippen LogP contribution is -2.07. The van der Waals surface area contributed by atoms with Gasteiger partial charge >= 0.3 is 0 Å². The van der Waals surface area contributed by atoms with Crippen molar-refractivity contribution in [2.75, 3.05) is 13.2 Å². The minimum atomic E-state index is 0.0740. The molecule has 0 spiro atoms. The molecule has 0 radical (unpaired) electrons. The zero-order chi connectivity index (χ0) is 9.56. The minimum Gasteiger partial charge on any atom is -0.498 e. The van der Waals surface area contributed by atoms with Crippen LogP contribution in [0.5, 0.6) is 0 Å². The van der Waals surface area contributed by atoms with E-state index >= 15 is 0 Å². The smallest absolute Gasteiger partial charge is 0.0991 e. The molecule has 0 heterocycles. The van der Waals surface area contributed by atoms with E-state index in [1.165, 1.54) is 0 Å². The average molecular weight is 170 g/mol. The molecular weight excluding hydrogens is 152 g/mol. The van der Waals surface area contributed by atoms with Crippen LogP contribution in [0.2, 0.25) is 0 Å². The van der Waals surface area contributed by atoms with Crippen LogP contribution in [0.3, 0.4) is 0 Å². The van der Waals surface area contributed by atoms with Crippen LogP contribution in [0.25, 0.3) is 0 Å². The Kier molecular flexibility index (Phi) is 5.26. The molecule has 0 aromatic carbocycles. The second-order valence-electron chi connectivity index (χ2n) is 2.52. The van der Waals surface area contributed by atoms with Gasteiger partial charge in [0.05, 0.1) is 30.6 Å². The van der Waals surface area contributed by atoms with Crippen LogP contribution in [0, 0.1) is 5.92 Å². The van der Waals surface area contributed by atoms with E-state index in [9.17, 15) is 0 Å². The Hall–Kier alpha value is -0.920. The fourth-order valence-electron chi connectivity index (χ4n) is 0.800. The first-order valence-corrected chi connectivity index (χ1v) is 4.26. The van der Waals surface area contributed by atoms with Gasteiger partial charge in [0.15, 0.2) is 0 Å². The highest BCUT2D eigenvalue weighted by molar-refractivity contribution is 5.04. The lowest BCUT2D eigenvalue weighted by molar-refractivity contribution is 0.156. The average Bonchev–Trinajstić information content (AvgIpc) is 2.04. The molecule has 0 bridgehead atoms.